The third kappa shape index (κ3) is 9.12. The van der Waals surface area contributed by atoms with Crippen molar-refractivity contribution in [3.05, 3.63) is 0 Å². The summed E-state index contributed by atoms with van der Waals surface area (Å²) in [6, 6.07) is 0.163. The van der Waals surface area contributed by atoms with Gasteiger partial charge in [-0.3, -0.25) is 0 Å². The number of methoxy groups -OCH3 is 1. The van der Waals surface area contributed by atoms with E-state index in [1.54, 1.807) is 14.2 Å². The first-order valence-electron chi connectivity index (χ1n) is 7.15. The fraction of sp³-hybridized carbons (Fsp3) is 0.929. The van der Waals surface area contributed by atoms with Crippen molar-refractivity contribution in [3.63, 3.8) is 0 Å². The standard InChI is InChI=1S/C10H20N2O4.C4H10/c1-12(3-4-13)10(14)16-7-8-5-9(15-2)6-11-8;1-4(2)3/h8-9,11,13H,3-7H2,1-2H3;4H,1-3H3. The quantitative estimate of drug-likeness (QED) is 0.793. The first kappa shape index (κ1) is 19.1. The molecule has 1 heterocycles. The van der Waals surface area contributed by atoms with Gasteiger partial charge in [-0.25, -0.2) is 4.79 Å². The molecule has 6 nitrogen and oxygen atoms in total. The Morgan fingerprint density at radius 1 is 1.45 bits per heavy atom. The summed E-state index contributed by atoms with van der Waals surface area (Å²) in [6.07, 6.45) is 0.656. The summed E-state index contributed by atoms with van der Waals surface area (Å²) in [6.45, 7) is 7.87. The van der Waals surface area contributed by atoms with Gasteiger partial charge >= 0.3 is 6.09 Å². The average Bonchev–Trinajstić information content (AvgIpc) is 2.83. The van der Waals surface area contributed by atoms with E-state index in [9.17, 15) is 4.79 Å². The molecule has 1 saturated heterocycles. The van der Waals surface area contributed by atoms with Gasteiger partial charge in [0, 0.05) is 33.3 Å². The van der Waals surface area contributed by atoms with E-state index in [2.05, 4.69) is 26.1 Å². The lowest BCUT2D eigenvalue weighted by Gasteiger charge is -2.17. The van der Waals surface area contributed by atoms with E-state index in [0.29, 0.717) is 6.61 Å². The molecule has 0 bridgehead atoms. The zero-order valence-electron chi connectivity index (χ0n) is 13.4. The molecule has 2 atom stereocenters. The van der Waals surface area contributed by atoms with Gasteiger partial charge in [-0.15, -0.1) is 0 Å². The van der Waals surface area contributed by atoms with Crippen molar-refractivity contribution in [2.24, 2.45) is 5.92 Å². The molecule has 0 aromatic rings. The molecule has 0 aliphatic carbocycles. The van der Waals surface area contributed by atoms with Gasteiger partial charge in [0.1, 0.15) is 6.61 Å². The molecular formula is C14H30N2O4. The summed E-state index contributed by atoms with van der Waals surface area (Å²) in [7, 11) is 3.27. The lowest BCUT2D eigenvalue weighted by atomic mass is 10.2. The molecule has 120 valence electrons. The number of likely N-dealkylation sites (N-methyl/N-ethyl adjacent to an activating group) is 1. The third-order valence-corrected chi connectivity index (χ3v) is 2.67. The number of nitrogens with one attached hydrogen (secondary N) is 1. The molecule has 1 amide bonds. The van der Waals surface area contributed by atoms with Crippen molar-refractivity contribution in [1.82, 2.24) is 10.2 Å². The maximum absolute atomic E-state index is 11.4. The summed E-state index contributed by atoms with van der Waals surface area (Å²) in [5.74, 6) is 0.833. The van der Waals surface area contributed by atoms with E-state index >= 15 is 0 Å². The first-order valence-corrected chi connectivity index (χ1v) is 7.15. The van der Waals surface area contributed by atoms with Crippen LogP contribution in [0.1, 0.15) is 27.2 Å². The highest BCUT2D eigenvalue weighted by Crippen LogP contribution is 2.09. The minimum Gasteiger partial charge on any atom is -0.448 e. The van der Waals surface area contributed by atoms with Gasteiger partial charge in [-0.2, -0.15) is 0 Å². The van der Waals surface area contributed by atoms with Crippen molar-refractivity contribution in [2.75, 3.05) is 40.5 Å². The molecule has 6 heteroatoms. The van der Waals surface area contributed by atoms with E-state index in [-0.39, 0.29) is 25.3 Å². The number of aliphatic hydroxyl groups is 1. The van der Waals surface area contributed by atoms with E-state index in [0.717, 1.165) is 18.9 Å². The number of hydrogen-bond donors (Lipinski definition) is 2. The van der Waals surface area contributed by atoms with Gasteiger partial charge in [-0.1, -0.05) is 20.8 Å². The lowest BCUT2D eigenvalue weighted by molar-refractivity contribution is 0.0898. The second-order valence-corrected chi connectivity index (χ2v) is 5.65. The average molecular weight is 290 g/mol. The Morgan fingerprint density at radius 3 is 2.50 bits per heavy atom. The normalized spacial score (nSPS) is 21.4. The fourth-order valence-electron chi connectivity index (χ4n) is 1.61. The monoisotopic (exact) mass is 290 g/mol. The van der Waals surface area contributed by atoms with Crippen LogP contribution < -0.4 is 5.32 Å². The maximum atomic E-state index is 11.4. The Bertz CT molecular complexity index is 259. The highest BCUT2D eigenvalue weighted by molar-refractivity contribution is 5.67. The van der Waals surface area contributed by atoms with Gasteiger partial charge in [-0.05, 0) is 12.3 Å². The van der Waals surface area contributed by atoms with Crippen LogP contribution in [-0.2, 0) is 9.47 Å². The third-order valence-electron chi connectivity index (χ3n) is 2.67. The van der Waals surface area contributed by atoms with Crippen LogP contribution in [0.3, 0.4) is 0 Å². The number of carbonyl (C=O) groups excluding carboxylic acids is 1. The van der Waals surface area contributed by atoms with Crippen LogP contribution in [0.25, 0.3) is 0 Å². The maximum Gasteiger partial charge on any atom is 0.409 e. The molecule has 1 aliphatic rings. The molecular weight excluding hydrogens is 260 g/mol. The predicted octanol–water partition coefficient (Wildman–Crippen LogP) is 1.09. The SMILES string of the molecule is CC(C)C.COC1CNC(COC(=O)N(C)CCO)C1. The number of carbonyl (C=O) groups is 1. The number of hydrogen-bond acceptors (Lipinski definition) is 5. The summed E-state index contributed by atoms with van der Waals surface area (Å²) in [4.78, 5) is 12.7. The Morgan fingerprint density at radius 2 is 2.05 bits per heavy atom. The van der Waals surface area contributed by atoms with E-state index in [1.165, 1.54) is 4.90 Å². The summed E-state index contributed by atoms with van der Waals surface area (Å²) >= 11 is 0. The molecule has 1 fully saturated rings. The minimum absolute atomic E-state index is 0.0565. The molecule has 0 spiro atoms. The van der Waals surface area contributed by atoms with Crippen LogP contribution in [-0.4, -0.2) is 68.7 Å². The van der Waals surface area contributed by atoms with Crippen LogP contribution in [0, 0.1) is 5.92 Å². The Balaban J connectivity index is 0.000000796. The number of rotatable bonds is 5. The van der Waals surface area contributed by atoms with E-state index < -0.39 is 6.09 Å². The topological polar surface area (TPSA) is 71.0 Å². The van der Waals surface area contributed by atoms with Crippen molar-refractivity contribution < 1.29 is 19.4 Å². The summed E-state index contributed by atoms with van der Waals surface area (Å²) in [5.41, 5.74) is 0. The number of ether oxygens (including phenoxy) is 2. The number of aliphatic hydroxyl groups excluding tert-OH is 1. The zero-order chi connectivity index (χ0) is 15.5. The smallest absolute Gasteiger partial charge is 0.409 e. The predicted molar refractivity (Wildman–Crippen MR) is 78.8 cm³/mol. The molecule has 0 saturated carbocycles. The van der Waals surface area contributed by atoms with Gasteiger partial charge < -0.3 is 24.8 Å². The molecule has 0 radical (unpaired) electrons. The Hall–Kier alpha value is -0.850. The van der Waals surface area contributed by atoms with Crippen molar-refractivity contribution in [2.45, 2.75) is 39.3 Å². The largest absolute Gasteiger partial charge is 0.448 e. The highest BCUT2D eigenvalue weighted by Gasteiger charge is 2.25. The van der Waals surface area contributed by atoms with Gasteiger partial charge in [0.15, 0.2) is 0 Å². The highest BCUT2D eigenvalue weighted by atomic mass is 16.6. The molecule has 2 unspecified atom stereocenters. The Labute approximate surface area is 122 Å². The summed E-state index contributed by atoms with van der Waals surface area (Å²) in [5, 5.41) is 11.9. The number of nitrogens with zero attached hydrogens (tertiary/aromatic N) is 1. The second-order valence-electron chi connectivity index (χ2n) is 5.65. The van der Waals surface area contributed by atoms with Gasteiger partial charge in [0.25, 0.3) is 0 Å². The zero-order valence-corrected chi connectivity index (χ0v) is 13.4. The van der Waals surface area contributed by atoms with Gasteiger partial charge in [0.05, 0.1) is 12.7 Å². The van der Waals surface area contributed by atoms with Crippen LogP contribution >= 0.6 is 0 Å². The summed E-state index contributed by atoms with van der Waals surface area (Å²) < 4.78 is 10.3. The van der Waals surface area contributed by atoms with Crippen LogP contribution in [0.15, 0.2) is 0 Å². The van der Waals surface area contributed by atoms with E-state index in [1.807, 2.05) is 0 Å². The van der Waals surface area contributed by atoms with Crippen LogP contribution in [0.4, 0.5) is 4.79 Å². The molecule has 2 N–H and O–H groups in total. The number of amides is 1. The molecule has 1 rings (SSSR count). The first-order chi connectivity index (χ1) is 9.40. The molecule has 20 heavy (non-hydrogen) atoms. The van der Waals surface area contributed by atoms with Crippen molar-refractivity contribution in [1.29, 1.82) is 0 Å². The lowest BCUT2D eigenvalue weighted by Crippen LogP contribution is -2.34. The molecule has 0 aromatic carbocycles. The van der Waals surface area contributed by atoms with Crippen molar-refractivity contribution >= 4 is 6.09 Å². The van der Waals surface area contributed by atoms with Crippen LogP contribution in [0.5, 0.6) is 0 Å². The van der Waals surface area contributed by atoms with Crippen LogP contribution in [0.2, 0.25) is 0 Å². The second kappa shape index (κ2) is 10.9. The van der Waals surface area contributed by atoms with E-state index in [4.69, 9.17) is 14.6 Å². The Kier molecular flexibility index (Phi) is 10.4. The fourth-order valence-corrected chi connectivity index (χ4v) is 1.61. The minimum atomic E-state index is -0.406. The van der Waals surface area contributed by atoms with Crippen molar-refractivity contribution in [3.8, 4) is 0 Å². The van der Waals surface area contributed by atoms with Gasteiger partial charge in [0.2, 0.25) is 0 Å². The molecule has 0 aromatic heterocycles. The molecule has 1 aliphatic heterocycles.